The van der Waals surface area contributed by atoms with Crippen molar-refractivity contribution in [1.29, 1.82) is 0 Å². The largest absolute Gasteiger partial charge is 0.352 e. The van der Waals surface area contributed by atoms with Gasteiger partial charge in [0.25, 0.3) is 5.91 Å². The van der Waals surface area contributed by atoms with Crippen LogP contribution in [0.25, 0.3) is 10.8 Å². The molecule has 4 nitrogen and oxygen atoms in total. The van der Waals surface area contributed by atoms with Crippen molar-refractivity contribution < 1.29 is 4.79 Å². The number of hydrogen-bond acceptors (Lipinski definition) is 3. The molecular formula is C23H31N3O. The number of carbonyl (C=O) groups excluding carboxylic acids is 1. The lowest BCUT2D eigenvalue weighted by atomic mass is 9.93. The third kappa shape index (κ3) is 4.33. The van der Waals surface area contributed by atoms with E-state index in [1.54, 1.807) is 0 Å². The summed E-state index contributed by atoms with van der Waals surface area (Å²) in [6.07, 6.45) is 5.04. The Morgan fingerprint density at radius 1 is 1.04 bits per heavy atom. The van der Waals surface area contributed by atoms with E-state index in [4.69, 9.17) is 0 Å². The van der Waals surface area contributed by atoms with E-state index < -0.39 is 0 Å². The van der Waals surface area contributed by atoms with E-state index in [-0.39, 0.29) is 5.91 Å². The molecule has 4 rings (SSSR count). The second-order valence-corrected chi connectivity index (χ2v) is 8.27. The second-order valence-electron chi connectivity index (χ2n) is 8.27. The average Bonchev–Trinajstić information content (AvgIpc) is 2.72. The number of carbonyl (C=O) groups is 1. The minimum absolute atomic E-state index is 0.0585. The van der Waals surface area contributed by atoms with Crippen molar-refractivity contribution in [2.24, 2.45) is 5.92 Å². The standard InChI is InChI=1S/C23H31N3O/c1-25-14-11-20(12-15-25)26-13-5-6-18(17-26)16-24-23(27)22-10-4-8-19-7-2-3-9-21(19)22/h2-4,7-10,18,20H,5-6,11-17H2,1H3,(H,24,27). The van der Waals surface area contributed by atoms with Crippen molar-refractivity contribution in [2.45, 2.75) is 31.7 Å². The Bertz CT molecular complexity index is 777. The van der Waals surface area contributed by atoms with E-state index in [0.29, 0.717) is 5.92 Å². The van der Waals surface area contributed by atoms with Crippen LogP contribution < -0.4 is 5.32 Å². The number of piperidine rings is 2. The summed E-state index contributed by atoms with van der Waals surface area (Å²) < 4.78 is 0. The summed E-state index contributed by atoms with van der Waals surface area (Å²) in [5.41, 5.74) is 0.788. The molecule has 0 aliphatic carbocycles. The average molecular weight is 366 g/mol. The maximum absolute atomic E-state index is 12.8. The Kier molecular flexibility index (Phi) is 5.74. The Morgan fingerprint density at radius 2 is 1.81 bits per heavy atom. The monoisotopic (exact) mass is 365 g/mol. The number of nitrogens with one attached hydrogen (secondary N) is 1. The highest BCUT2D eigenvalue weighted by atomic mass is 16.1. The van der Waals surface area contributed by atoms with Crippen molar-refractivity contribution in [3.8, 4) is 0 Å². The topological polar surface area (TPSA) is 35.6 Å². The SMILES string of the molecule is CN1CCC(N2CCCC(CNC(=O)c3cccc4ccccc34)C2)CC1. The van der Waals surface area contributed by atoms with Gasteiger partial charge in [-0.3, -0.25) is 9.69 Å². The molecule has 144 valence electrons. The molecule has 27 heavy (non-hydrogen) atoms. The van der Waals surface area contributed by atoms with Crippen LogP contribution in [-0.4, -0.2) is 61.5 Å². The highest BCUT2D eigenvalue weighted by molar-refractivity contribution is 6.06. The molecule has 2 aromatic rings. The summed E-state index contributed by atoms with van der Waals surface area (Å²) in [4.78, 5) is 17.9. The Morgan fingerprint density at radius 3 is 2.67 bits per heavy atom. The summed E-state index contributed by atoms with van der Waals surface area (Å²) in [6.45, 7) is 5.56. The maximum atomic E-state index is 12.8. The van der Waals surface area contributed by atoms with Gasteiger partial charge in [-0.2, -0.15) is 0 Å². The molecule has 4 heteroatoms. The van der Waals surface area contributed by atoms with Crippen LogP contribution in [0.15, 0.2) is 42.5 Å². The summed E-state index contributed by atoms with van der Waals surface area (Å²) in [5.74, 6) is 0.626. The molecule has 2 aliphatic rings. The van der Waals surface area contributed by atoms with E-state index in [2.05, 4.69) is 34.3 Å². The number of fused-ring (bicyclic) bond motifs is 1. The lowest BCUT2D eigenvalue weighted by Crippen LogP contribution is -2.49. The first-order chi connectivity index (χ1) is 13.2. The number of nitrogens with zero attached hydrogens (tertiary/aromatic N) is 2. The second kappa shape index (κ2) is 8.41. The fourth-order valence-corrected chi connectivity index (χ4v) is 4.71. The first-order valence-corrected chi connectivity index (χ1v) is 10.4. The van der Waals surface area contributed by atoms with Crippen LogP contribution in [0.4, 0.5) is 0 Å². The molecule has 2 aliphatic heterocycles. The molecular weight excluding hydrogens is 334 g/mol. The van der Waals surface area contributed by atoms with Crippen LogP contribution >= 0.6 is 0 Å². The quantitative estimate of drug-likeness (QED) is 0.902. The van der Waals surface area contributed by atoms with Crippen molar-refractivity contribution in [3.05, 3.63) is 48.0 Å². The molecule has 2 saturated heterocycles. The van der Waals surface area contributed by atoms with Gasteiger partial charge in [0.1, 0.15) is 0 Å². The summed E-state index contributed by atoms with van der Waals surface area (Å²) in [6, 6.07) is 14.8. The minimum atomic E-state index is 0.0585. The van der Waals surface area contributed by atoms with Crippen LogP contribution in [-0.2, 0) is 0 Å². The van der Waals surface area contributed by atoms with Gasteiger partial charge in [-0.25, -0.2) is 0 Å². The molecule has 2 aromatic carbocycles. The van der Waals surface area contributed by atoms with Crippen molar-refractivity contribution >= 4 is 16.7 Å². The van der Waals surface area contributed by atoms with Crippen molar-refractivity contribution in [3.63, 3.8) is 0 Å². The summed E-state index contributed by atoms with van der Waals surface area (Å²) in [5, 5.41) is 5.38. The molecule has 0 radical (unpaired) electrons. The zero-order chi connectivity index (χ0) is 18.6. The van der Waals surface area contributed by atoms with Crippen molar-refractivity contribution in [2.75, 3.05) is 39.8 Å². The molecule has 2 heterocycles. The van der Waals surface area contributed by atoms with Crippen LogP contribution in [0.1, 0.15) is 36.0 Å². The predicted octanol–water partition coefficient (Wildman–Crippen LogP) is 3.38. The lowest BCUT2D eigenvalue weighted by molar-refractivity contribution is 0.0754. The van der Waals surface area contributed by atoms with Gasteiger partial charge in [0.15, 0.2) is 0 Å². The fourth-order valence-electron chi connectivity index (χ4n) is 4.71. The highest BCUT2D eigenvalue weighted by Gasteiger charge is 2.28. The molecule has 1 N–H and O–H groups in total. The number of likely N-dealkylation sites (tertiary alicyclic amines) is 2. The van der Waals surface area contributed by atoms with Gasteiger partial charge in [0, 0.05) is 24.7 Å². The molecule has 0 aromatic heterocycles. The van der Waals surface area contributed by atoms with Crippen LogP contribution in [0.5, 0.6) is 0 Å². The highest BCUT2D eigenvalue weighted by Crippen LogP contribution is 2.24. The maximum Gasteiger partial charge on any atom is 0.251 e. The van der Waals surface area contributed by atoms with E-state index in [1.165, 1.54) is 45.3 Å². The van der Waals surface area contributed by atoms with Crippen LogP contribution in [0.3, 0.4) is 0 Å². The van der Waals surface area contributed by atoms with Gasteiger partial charge in [-0.15, -0.1) is 0 Å². The first-order valence-electron chi connectivity index (χ1n) is 10.4. The van der Waals surface area contributed by atoms with Gasteiger partial charge in [-0.1, -0.05) is 36.4 Å². The van der Waals surface area contributed by atoms with E-state index >= 15 is 0 Å². The number of amides is 1. The fraction of sp³-hybridized carbons (Fsp3) is 0.522. The summed E-state index contributed by atoms with van der Waals surface area (Å²) in [7, 11) is 2.22. The Hall–Kier alpha value is -1.91. The third-order valence-electron chi connectivity index (χ3n) is 6.34. The number of hydrogen-bond donors (Lipinski definition) is 1. The third-order valence-corrected chi connectivity index (χ3v) is 6.34. The Balaban J connectivity index is 1.34. The number of benzene rings is 2. The van der Waals surface area contributed by atoms with Crippen LogP contribution in [0, 0.1) is 5.92 Å². The van der Waals surface area contributed by atoms with Gasteiger partial charge >= 0.3 is 0 Å². The smallest absolute Gasteiger partial charge is 0.251 e. The van der Waals surface area contributed by atoms with Crippen molar-refractivity contribution in [1.82, 2.24) is 15.1 Å². The predicted molar refractivity (Wildman–Crippen MR) is 111 cm³/mol. The molecule has 1 amide bonds. The van der Waals surface area contributed by atoms with Gasteiger partial charge < -0.3 is 10.2 Å². The first kappa shape index (κ1) is 18.5. The van der Waals surface area contributed by atoms with E-state index in [0.717, 1.165) is 35.5 Å². The molecule has 2 fully saturated rings. The Labute approximate surface area is 162 Å². The van der Waals surface area contributed by atoms with E-state index in [1.807, 2.05) is 30.3 Å². The molecule has 1 unspecified atom stereocenters. The van der Waals surface area contributed by atoms with Gasteiger partial charge in [-0.05, 0) is 75.1 Å². The zero-order valence-corrected chi connectivity index (χ0v) is 16.4. The van der Waals surface area contributed by atoms with Crippen LogP contribution in [0.2, 0.25) is 0 Å². The molecule has 1 atom stereocenters. The van der Waals surface area contributed by atoms with Gasteiger partial charge in [0.05, 0.1) is 0 Å². The van der Waals surface area contributed by atoms with Gasteiger partial charge in [0.2, 0.25) is 0 Å². The zero-order valence-electron chi connectivity index (χ0n) is 16.4. The number of rotatable bonds is 4. The normalized spacial score (nSPS) is 22.8. The lowest BCUT2D eigenvalue weighted by Gasteiger charge is -2.41. The molecule has 0 spiro atoms. The minimum Gasteiger partial charge on any atom is -0.352 e. The summed E-state index contributed by atoms with van der Waals surface area (Å²) >= 11 is 0. The molecule has 0 bridgehead atoms. The molecule has 0 saturated carbocycles. The van der Waals surface area contributed by atoms with E-state index in [9.17, 15) is 4.79 Å².